The van der Waals surface area contributed by atoms with Gasteiger partial charge in [-0.15, -0.1) is 0 Å². The van der Waals surface area contributed by atoms with E-state index in [1.807, 2.05) is 31.2 Å². The van der Waals surface area contributed by atoms with Crippen LogP contribution in [0.3, 0.4) is 0 Å². The van der Waals surface area contributed by atoms with Crippen molar-refractivity contribution >= 4 is 6.47 Å². The molecule has 0 aliphatic carbocycles. The van der Waals surface area contributed by atoms with Gasteiger partial charge in [0.05, 0.1) is 0 Å². The van der Waals surface area contributed by atoms with Crippen LogP contribution in [0.15, 0.2) is 48.5 Å². The van der Waals surface area contributed by atoms with E-state index in [0.29, 0.717) is 18.0 Å². The molecule has 0 fully saturated rings. The molecule has 0 bridgehead atoms. The fourth-order valence-electron chi connectivity index (χ4n) is 1.38. The van der Waals surface area contributed by atoms with Crippen LogP contribution < -0.4 is 9.47 Å². The molecule has 0 aromatic heterocycles. The molecule has 0 atom stereocenters. The lowest BCUT2D eigenvalue weighted by Gasteiger charge is -2.06. The molecule has 0 amide bonds. The Morgan fingerprint density at radius 1 is 0.824 bits per heavy atom. The fourth-order valence-corrected chi connectivity index (χ4v) is 1.38. The molecular formula is C14H12O3. The highest BCUT2D eigenvalue weighted by Crippen LogP contribution is 2.23. The first-order valence-electron chi connectivity index (χ1n) is 5.23. The summed E-state index contributed by atoms with van der Waals surface area (Å²) in [5.74, 6) is 1.98. The first-order chi connectivity index (χ1) is 8.28. The zero-order valence-electron chi connectivity index (χ0n) is 9.42. The second-order valence-electron chi connectivity index (χ2n) is 3.60. The Balaban J connectivity index is 2.08. The Hall–Kier alpha value is -2.29. The number of ether oxygens (including phenoxy) is 2. The van der Waals surface area contributed by atoms with Crippen LogP contribution in [-0.4, -0.2) is 6.47 Å². The molecule has 0 radical (unpaired) electrons. The molecule has 0 unspecified atom stereocenters. The van der Waals surface area contributed by atoms with Crippen molar-refractivity contribution in [2.45, 2.75) is 6.92 Å². The van der Waals surface area contributed by atoms with Crippen molar-refractivity contribution < 1.29 is 14.3 Å². The van der Waals surface area contributed by atoms with E-state index in [-0.39, 0.29) is 0 Å². The molecule has 0 spiro atoms. The number of benzene rings is 2. The number of aryl methyl sites for hydroxylation is 1. The molecule has 0 saturated heterocycles. The maximum Gasteiger partial charge on any atom is 0.298 e. The minimum Gasteiger partial charge on any atom is -0.457 e. The van der Waals surface area contributed by atoms with Gasteiger partial charge in [-0.2, -0.15) is 0 Å². The molecule has 86 valence electrons. The van der Waals surface area contributed by atoms with E-state index in [4.69, 9.17) is 9.47 Å². The third-order valence-corrected chi connectivity index (χ3v) is 2.26. The molecular weight excluding hydrogens is 216 g/mol. The van der Waals surface area contributed by atoms with Gasteiger partial charge in [0.1, 0.15) is 17.2 Å². The summed E-state index contributed by atoms with van der Waals surface area (Å²) >= 11 is 0. The van der Waals surface area contributed by atoms with E-state index in [2.05, 4.69) is 0 Å². The summed E-state index contributed by atoms with van der Waals surface area (Å²) in [4.78, 5) is 10.1. The predicted octanol–water partition coefficient (Wildman–Crippen LogP) is 3.32. The number of carbonyl (C=O) groups excluding carboxylic acids is 1. The summed E-state index contributed by atoms with van der Waals surface area (Å²) in [6, 6.07) is 14.6. The van der Waals surface area contributed by atoms with Crippen molar-refractivity contribution in [3.05, 3.63) is 54.1 Å². The minimum atomic E-state index is 0.399. The van der Waals surface area contributed by atoms with Gasteiger partial charge in [0.25, 0.3) is 6.47 Å². The van der Waals surface area contributed by atoms with Gasteiger partial charge in [0.15, 0.2) is 0 Å². The standard InChI is InChI=1S/C14H12O3/c1-11-2-4-13(5-3-11)17-14-8-6-12(7-9-14)16-10-15/h2-10H,1H3. The van der Waals surface area contributed by atoms with E-state index >= 15 is 0 Å². The molecule has 0 saturated carbocycles. The van der Waals surface area contributed by atoms with Crippen molar-refractivity contribution in [1.82, 2.24) is 0 Å². The highest BCUT2D eigenvalue weighted by Gasteiger charge is 1.98. The summed E-state index contributed by atoms with van der Waals surface area (Å²) < 4.78 is 10.3. The second kappa shape index (κ2) is 5.16. The molecule has 3 nitrogen and oxygen atoms in total. The van der Waals surface area contributed by atoms with Crippen molar-refractivity contribution in [3.63, 3.8) is 0 Å². The average molecular weight is 228 g/mol. The molecule has 0 N–H and O–H groups in total. The molecule has 3 heteroatoms. The highest BCUT2D eigenvalue weighted by molar-refractivity contribution is 5.46. The molecule has 2 aromatic carbocycles. The van der Waals surface area contributed by atoms with Crippen LogP contribution in [-0.2, 0) is 4.79 Å². The summed E-state index contributed by atoms with van der Waals surface area (Å²) in [6.07, 6.45) is 0. The van der Waals surface area contributed by atoms with Crippen LogP contribution >= 0.6 is 0 Å². The van der Waals surface area contributed by atoms with Crippen LogP contribution in [0.4, 0.5) is 0 Å². The molecule has 0 heterocycles. The lowest BCUT2D eigenvalue weighted by atomic mass is 10.2. The maximum atomic E-state index is 10.1. The first-order valence-corrected chi connectivity index (χ1v) is 5.23. The highest BCUT2D eigenvalue weighted by atomic mass is 16.5. The summed E-state index contributed by atoms with van der Waals surface area (Å²) in [5.41, 5.74) is 1.19. The van der Waals surface area contributed by atoms with Crippen molar-refractivity contribution in [1.29, 1.82) is 0 Å². The number of hydrogen-bond acceptors (Lipinski definition) is 3. The van der Waals surface area contributed by atoms with Gasteiger partial charge in [0, 0.05) is 0 Å². The Kier molecular flexibility index (Phi) is 3.40. The van der Waals surface area contributed by atoms with E-state index < -0.39 is 0 Å². The third kappa shape index (κ3) is 3.08. The maximum absolute atomic E-state index is 10.1. The van der Waals surface area contributed by atoms with Crippen LogP contribution in [0.1, 0.15) is 5.56 Å². The van der Waals surface area contributed by atoms with Crippen LogP contribution in [0.2, 0.25) is 0 Å². The Morgan fingerprint density at radius 2 is 1.29 bits per heavy atom. The van der Waals surface area contributed by atoms with Crippen LogP contribution in [0.5, 0.6) is 17.2 Å². The van der Waals surface area contributed by atoms with Gasteiger partial charge in [-0.25, -0.2) is 0 Å². The van der Waals surface area contributed by atoms with Crippen LogP contribution in [0.25, 0.3) is 0 Å². The van der Waals surface area contributed by atoms with E-state index in [0.717, 1.165) is 5.75 Å². The fraction of sp³-hybridized carbons (Fsp3) is 0.0714. The minimum absolute atomic E-state index is 0.399. The summed E-state index contributed by atoms with van der Waals surface area (Å²) in [5, 5.41) is 0. The van der Waals surface area contributed by atoms with Crippen molar-refractivity contribution in [3.8, 4) is 17.2 Å². The van der Waals surface area contributed by atoms with Crippen molar-refractivity contribution in [2.24, 2.45) is 0 Å². The lowest BCUT2D eigenvalue weighted by Crippen LogP contribution is -1.88. The molecule has 2 aromatic rings. The van der Waals surface area contributed by atoms with Gasteiger partial charge in [-0.05, 0) is 43.3 Å². The predicted molar refractivity (Wildman–Crippen MR) is 64.4 cm³/mol. The monoisotopic (exact) mass is 228 g/mol. The quantitative estimate of drug-likeness (QED) is 0.753. The summed E-state index contributed by atoms with van der Waals surface area (Å²) in [6.45, 7) is 2.42. The topological polar surface area (TPSA) is 35.5 Å². The number of carbonyl (C=O) groups is 1. The van der Waals surface area contributed by atoms with Crippen LogP contribution in [0, 0.1) is 6.92 Å². The van der Waals surface area contributed by atoms with E-state index in [9.17, 15) is 4.79 Å². The van der Waals surface area contributed by atoms with Gasteiger partial charge in [-0.1, -0.05) is 17.7 Å². The summed E-state index contributed by atoms with van der Waals surface area (Å²) in [7, 11) is 0. The SMILES string of the molecule is Cc1ccc(Oc2ccc(OC=O)cc2)cc1. The zero-order valence-corrected chi connectivity index (χ0v) is 9.42. The van der Waals surface area contributed by atoms with Gasteiger partial charge in [-0.3, -0.25) is 4.79 Å². The van der Waals surface area contributed by atoms with Crippen molar-refractivity contribution in [2.75, 3.05) is 0 Å². The molecule has 0 aliphatic heterocycles. The molecule has 0 aliphatic rings. The Bertz CT molecular complexity index is 486. The molecule has 17 heavy (non-hydrogen) atoms. The Morgan fingerprint density at radius 3 is 1.82 bits per heavy atom. The van der Waals surface area contributed by atoms with E-state index in [1.165, 1.54) is 5.56 Å². The second-order valence-corrected chi connectivity index (χ2v) is 3.60. The zero-order chi connectivity index (χ0) is 12.1. The van der Waals surface area contributed by atoms with Gasteiger partial charge in [0.2, 0.25) is 0 Å². The Labute approximate surface area is 99.6 Å². The third-order valence-electron chi connectivity index (χ3n) is 2.26. The normalized spacial score (nSPS) is 9.71. The largest absolute Gasteiger partial charge is 0.457 e. The smallest absolute Gasteiger partial charge is 0.298 e. The number of rotatable bonds is 4. The molecule has 2 rings (SSSR count). The first kappa shape index (κ1) is 11.2. The lowest BCUT2D eigenvalue weighted by molar-refractivity contribution is -0.120. The van der Waals surface area contributed by atoms with Gasteiger partial charge >= 0.3 is 0 Å². The van der Waals surface area contributed by atoms with Gasteiger partial charge < -0.3 is 9.47 Å². The average Bonchev–Trinajstić information content (AvgIpc) is 2.35. The van der Waals surface area contributed by atoms with E-state index in [1.54, 1.807) is 24.3 Å². The number of hydrogen-bond donors (Lipinski definition) is 0.